The molecule has 1 unspecified atom stereocenters. The Kier molecular flexibility index (Phi) is 5.21. The number of nitrogens with zero attached hydrogens (tertiary/aromatic N) is 3. The van der Waals surface area contributed by atoms with Gasteiger partial charge in [-0.25, -0.2) is 8.42 Å². The Hall–Kier alpha value is -1.95. The zero-order valence-electron chi connectivity index (χ0n) is 15.8. The van der Waals surface area contributed by atoms with Crippen LogP contribution in [0.5, 0.6) is 0 Å². The first-order valence-electron chi connectivity index (χ1n) is 8.48. The van der Waals surface area contributed by atoms with Crippen LogP contribution >= 0.6 is 0 Å². The van der Waals surface area contributed by atoms with Crippen molar-refractivity contribution in [2.45, 2.75) is 51.1 Å². The lowest BCUT2D eigenvalue weighted by Gasteiger charge is -2.55. The normalized spacial score (nSPS) is 24.8. The van der Waals surface area contributed by atoms with Gasteiger partial charge in [-0.15, -0.1) is 0 Å². The van der Waals surface area contributed by atoms with Gasteiger partial charge in [-0.3, -0.25) is 4.48 Å². The molecule has 1 aromatic rings. The molecule has 2 rings (SSSR count). The molecule has 0 N–H and O–H groups in total. The first-order chi connectivity index (χ1) is 11.9. The number of carbonyl (C=O) groups excluding carboxylic acids is 1. The Bertz CT molecular complexity index is 867. The standard InChI is InChI=1S/C18H25N3O4S/c1-13-10-15(11-19)6-7-16(13)26(24,25)20-8-9-21(17(22)23,14(2)12-20)18(3,4)5/h6-7,10,14H,8-9,12H2,1-5H3/t14-,21?/m0/s1. The van der Waals surface area contributed by atoms with Crippen LogP contribution in [0.3, 0.4) is 0 Å². The molecule has 1 fully saturated rings. The Morgan fingerprint density at radius 3 is 2.42 bits per heavy atom. The quantitative estimate of drug-likeness (QED) is 0.719. The lowest BCUT2D eigenvalue weighted by molar-refractivity contribution is -0.943. The van der Waals surface area contributed by atoms with E-state index in [2.05, 4.69) is 0 Å². The summed E-state index contributed by atoms with van der Waals surface area (Å²) >= 11 is 0. The van der Waals surface area contributed by atoms with E-state index in [0.717, 1.165) is 0 Å². The van der Waals surface area contributed by atoms with Crippen molar-refractivity contribution in [2.75, 3.05) is 19.6 Å². The van der Waals surface area contributed by atoms with E-state index in [1.54, 1.807) is 13.8 Å². The SMILES string of the molecule is Cc1cc(C#N)ccc1S(=O)(=O)N1CC[N+](C(=O)[O-])(C(C)(C)C)[C@@H](C)C1. The number of hydrogen-bond acceptors (Lipinski definition) is 5. The van der Waals surface area contributed by atoms with E-state index in [0.29, 0.717) is 11.1 Å². The molecule has 8 heteroatoms. The molecule has 1 amide bonds. The van der Waals surface area contributed by atoms with Gasteiger partial charge >= 0.3 is 0 Å². The zero-order valence-corrected chi connectivity index (χ0v) is 16.6. The third-order valence-corrected chi connectivity index (χ3v) is 7.39. The third kappa shape index (κ3) is 3.11. The van der Waals surface area contributed by atoms with Crippen molar-refractivity contribution >= 4 is 16.1 Å². The van der Waals surface area contributed by atoms with Crippen molar-refractivity contribution in [3.8, 4) is 6.07 Å². The fourth-order valence-electron chi connectivity index (χ4n) is 3.92. The van der Waals surface area contributed by atoms with Crippen molar-refractivity contribution in [1.82, 2.24) is 4.31 Å². The number of rotatable bonds is 2. The number of benzene rings is 1. The van der Waals surface area contributed by atoms with E-state index in [4.69, 9.17) is 5.26 Å². The number of sulfonamides is 1. The highest BCUT2D eigenvalue weighted by Gasteiger charge is 2.51. The van der Waals surface area contributed by atoms with Gasteiger partial charge in [0.05, 0.1) is 41.7 Å². The van der Waals surface area contributed by atoms with Gasteiger partial charge in [0, 0.05) is 0 Å². The molecule has 0 aromatic heterocycles. The molecule has 0 bridgehead atoms. The fourth-order valence-corrected chi connectivity index (χ4v) is 5.64. The molecule has 142 valence electrons. The molecular weight excluding hydrogens is 354 g/mol. The van der Waals surface area contributed by atoms with Crippen molar-refractivity contribution in [3.63, 3.8) is 0 Å². The second kappa shape index (κ2) is 6.65. The summed E-state index contributed by atoms with van der Waals surface area (Å²) in [5, 5.41) is 20.9. The summed E-state index contributed by atoms with van der Waals surface area (Å²) in [4.78, 5) is 12.1. The highest BCUT2D eigenvalue weighted by atomic mass is 32.2. The molecular formula is C18H25N3O4S. The second-order valence-corrected chi connectivity index (χ2v) is 9.74. The van der Waals surface area contributed by atoms with Gasteiger partial charge in [-0.2, -0.15) is 9.57 Å². The highest BCUT2D eigenvalue weighted by molar-refractivity contribution is 7.89. The Balaban J connectivity index is 2.39. The predicted molar refractivity (Wildman–Crippen MR) is 94.4 cm³/mol. The van der Waals surface area contributed by atoms with E-state index in [-0.39, 0.29) is 29.0 Å². The van der Waals surface area contributed by atoms with Crippen LogP contribution in [-0.2, 0) is 10.0 Å². The summed E-state index contributed by atoms with van der Waals surface area (Å²) in [7, 11) is -3.77. The van der Waals surface area contributed by atoms with Gasteiger partial charge in [0.25, 0.3) is 6.09 Å². The highest BCUT2D eigenvalue weighted by Crippen LogP contribution is 2.33. The predicted octanol–water partition coefficient (Wildman–Crippen LogP) is 1.22. The Morgan fingerprint density at radius 1 is 1.38 bits per heavy atom. The molecule has 0 saturated carbocycles. The fraction of sp³-hybridized carbons (Fsp3) is 0.556. The molecule has 7 nitrogen and oxygen atoms in total. The Labute approximate surface area is 155 Å². The lowest BCUT2D eigenvalue weighted by Crippen LogP contribution is -2.76. The molecule has 1 heterocycles. The molecule has 1 aliphatic heterocycles. The van der Waals surface area contributed by atoms with Crippen LogP contribution in [-0.4, -0.2) is 54.5 Å². The number of piperazine rings is 1. The van der Waals surface area contributed by atoms with Gasteiger partial charge in [0.15, 0.2) is 0 Å². The minimum absolute atomic E-state index is 0.0903. The van der Waals surface area contributed by atoms with Crippen molar-refractivity contribution in [1.29, 1.82) is 5.26 Å². The number of carboxylic acid groups (broad SMARTS) is 1. The van der Waals surface area contributed by atoms with Crippen LogP contribution in [0.2, 0.25) is 0 Å². The van der Waals surface area contributed by atoms with E-state index in [9.17, 15) is 18.3 Å². The molecule has 2 atom stereocenters. The van der Waals surface area contributed by atoms with Crippen molar-refractivity contribution in [2.24, 2.45) is 0 Å². The van der Waals surface area contributed by atoms with Crippen LogP contribution < -0.4 is 5.11 Å². The summed E-state index contributed by atoms with van der Waals surface area (Å²) in [6.45, 7) is 9.20. The number of carbonyl (C=O) groups is 1. The number of hydrogen-bond donors (Lipinski definition) is 0. The molecule has 0 aliphatic carbocycles. The first kappa shape index (κ1) is 20.4. The van der Waals surface area contributed by atoms with E-state index in [1.807, 2.05) is 26.8 Å². The zero-order chi connectivity index (χ0) is 19.9. The molecule has 1 aromatic carbocycles. The van der Waals surface area contributed by atoms with Crippen LogP contribution in [0.15, 0.2) is 23.1 Å². The van der Waals surface area contributed by atoms with Crippen LogP contribution in [0, 0.1) is 18.3 Å². The molecule has 0 spiro atoms. The summed E-state index contributed by atoms with van der Waals surface area (Å²) in [5.74, 6) is 0. The largest absolute Gasteiger partial charge is 0.498 e. The molecule has 1 saturated heterocycles. The van der Waals surface area contributed by atoms with E-state index < -0.39 is 27.7 Å². The maximum Gasteiger partial charge on any atom is 0.258 e. The topological polar surface area (TPSA) is 101 Å². The number of aryl methyl sites for hydroxylation is 1. The van der Waals surface area contributed by atoms with Gasteiger partial charge in [-0.1, -0.05) is 0 Å². The smallest absolute Gasteiger partial charge is 0.258 e. The number of amides is 1. The average molecular weight is 379 g/mol. The second-order valence-electron chi connectivity index (χ2n) is 7.83. The molecule has 0 radical (unpaired) electrons. The van der Waals surface area contributed by atoms with Gasteiger partial charge < -0.3 is 9.90 Å². The maximum absolute atomic E-state index is 13.1. The van der Waals surface area contributed by atoms with Crippen LogP contribution in [0.1, 0.15) is 38.8 Å². The minimum atomic E-state index is -3.77. The number of nitriles is 1. The van der Waals surface area contributed by atoms with Crippen LogP contribution in [0.25, 0.3) is 0 Å². The lowest BCUT2D eigenvalue weighted by atomic mass is 9.96. The maximum atomic E-state index is 13.1. The summed E-state index contributed by atoms with van der Waals surface area (Å²) in [5.41, 5.74) is 0.283. The Morgan fingerprint density at radius 2 is 2.00 bits per heavy atom. The molecule has 26 heavy (non-hydrogen) atoms. The van der Waals surface area contributed by atoms with E-state index in [1.165, 1.54) is 22.5 Å². The third-order valence-electron chi connectivity index (χ3n) is 5.37. The van der Waals surface area contributed by atoms with Crippen molar-refractivity contribution in [3.05, 3.63) is 29.3 Å². The van der Waals surface area contributed by atoms with E-state index >= 15 is 0 Å². The van der Waals surface area contributed by atoms with Gasteiger partial charge in [0.2, 0.25) is 10.0 Å². The van der Waals surface area contributed by atoms with Gasteiger partial charge in [-0.05, 0) is 58.4 Å². The minimum Gasteiger partial charge on any atom is -0.498 e. The monoisotopic (exact) mass is 379 g/mol. The summed E-state index contributed by atoms with van der Waals surface area (Å²) in [6.07, 6.45) is -1.18. The number of quaternary nitrogens is 1. The first-order valence-corrected chi connectivity index (χ1v) is 9.92. The average Bonchev–Trinajstić information content (AvgIpc) is 2.52. The van der Waals surface area contributed by atoms with Crippen LogP contribution in [0.4, 0.5) is 4.79 Å². The van der Waals surface area contributed by atoms with Crippen molar-refractivity contribution < 1.29 is 22.8 Å². The molecule has 1 aliphatic rings. The summed E-state index contributed by atoms with van der Waals surface area (Å²) < 4.78 is 27.2. The summed E-state index contributed by atoms with van der Waals surface area (Å²) in [6, 6.07) is 5.99. The van der Waals surface area contributed by atoms with Gasteiger partial charge in [0.1, 0.15) is 6.04 Å².